The monoisotopic (exact) mass is 359 g/mol. The molecule has 2 spiro atoms. The number of allylic oxidation sites excluding steroid dienone is 1. The van der Waals surface area contributed by atoms with Gasteiger partial charge in [0.2, 0.25) is 5.72 Å². The van der Waals surface area contributed by atoms with Gasteiger partial charge in [-0.3, -0.25) is 9.28 Å². The molecular formula is C21H29NO4. The Hall–Kier alpha value is -0.750. The summed E-state index contributed by atoms with van der Waals surface area (Å²) in [6, 6.07) is 0.231. The van der Waals surface area contributed by atoms with Gasteiger partial charge in [0, 0.05) is 28.6 Å². The van der Waals surface area contributed by atoms with Gasteiger partial charge in [-0.25, -0.2) is 0 Å². The van der Waals surface area contributed by atoms with Crippen molar-refractivity contribution >= 4 is 5.78 Å². The molecule has 3 saturated heterocycles. The van der Waals surface area contributed by atoms with E-state index in [0.717, 1.165) is 44.2 Å². The molecular weight excluding hydrogens is 330 g/mol. The molecule has 9 aliphatic rings. The zero-order valence-electron chi connectivity index (χ0n) is 15.6. The molecule has 142 valence electrons. The van der Waals surface area contributed by atoms with Gasteiger partial charge in [0.25, 0.3) is 0 Å². The maximum atomic E-state index is 13.5. The predicted octanol–water partition coefficient (Wildman–Crippen LogP) is 1.29. The first-order chi connectivity index (χ1) is 11.6. The van der Waals surface area contributed by atoms with Crippen LogP contribution in [0, 0.1) is 39.9 Å². The maximum absolute atomic E-state index is 13.5. The number of ketones is 1. The largest absolute Gasteiger partial charge is 0.870 e. The number of rotatable bonds is 0. The van der Waals surface area contributed by atoms with Crippen molar-refractivity contribution in [2.45, 2.75) is 56.9 Å². The molecule has 9 fully saturated rings. The Bertz CT molecular complexity index is 812. The molecule has 0 amide bonds. The molecule has 3 heterocycles. The summed E-state index contributed by atoms with van der Waals surface area (Å²) in [5.74, 6) is 1.35. The summed E-state index contributed by atoms with van der Waals surface area (Å²) >= 11 is 0. The van der Waals surface area contributed by atoms with Crippen LogP contribution < -0.4 is 0 Å². The predicted molar refractivity (Wildman–Crippen MR) is 91.9 cm³/mol. The zero-order valence-corrected chi connectivity index (χ0v) is 15.6. The molecule has 5 nitrogen and oxygen atoms in total. The van der Waals surface area contributed by atoms with E-state index in [1.165, 1.54) is 0 Å². The first kappa shape index (κ1) is 16.2. The second kappa shape index (κ2) is 3.73. The highest BCUT2D eigenvalue weighted by Gasteiger charge is 2.98. The third kappa shape index (κ3) is 1.08. The standard InChI is InChI=1S/C21H28NO3.H2O/c1-10-5-19-8-21(25)17-18(2)6-11(23)7-20(17)13(19)4-12(10)15(24)14(19)16(20)22(21,3)9-18;/h11-14,16-17,23,25H,1,4-9H2,2-3H3;1H2/q+1;/p-1/t11-,12-,13?,14-,16+,17?,18-,19+,20-,21+,22?;/m0./s1. The molecule has 3 aliphatic heterocycles. The fraction of sp³-hybridized carbons (Fsp3) is 0.857. The topological polar surface area (TPSA) is 87.5 Å². The van der Waals surface area contributed by atoms with Crippen LogP contribution in [0.1, 0.15) is 39.0 Å². The van der Waals surface area contributed by atoms with Gasteiger partial charge in [-0.05, 0) is 31.6 Å². The van der Waals surface area contributed by atoms with Gasteiger partial charge >= 0.3 is 0 Å². The molecule has 6 aliphatic carbocycles. The number of hydrogen-bond donors (Lipinski definition) is 2. The van der Waals surface area contributed by atoms with Crippen LogP contribution in [0.4, 0.5) is 0 Å². The summed E-state index contributed by atoms with van der Waals surface area (Å²) < 4.78 is 0.689. The van der Waals surface area contributed by atoms with E-state index in [1.54, 1.807) is 0 Å². The molecule has 9 rings (SSSR count). The minimum absolute atomic E-state index is 0. The van der Waals surface area contributed by atoms with E-state index in [2.05, 4.69) is 20.6 Å². The smallest absolute Gasteiger partial charge is 0.205 e. The van der Waals surface area contributed by atoms with Gasteiger partial charge in [0.1, 0.15) is 11.8 Å². The highest BCUT2D eigenvalue weighted by Crippen LogP contribution is 2.90. The number of fused-ring (bicyclic) bond motifs is 1. The van der Waals surface area contributed by atoms with E-state index in [-0.39, 0.29) is 51.6 Å². The lowest BCUT2D eigenvalue weighted by Crippen LogP contribution is -2.71. The summed E-state index contributed by atoms with van der Waals surface area (Å²) in [6.45, 7) is 7.51. The lowest BCUT2D eigenvalue weighted by molar-refractivity contribution is -0.994. The molecule has 6 saturated carbocycles. The summed E-state index contributed by atoms with van der Waals surface area (Å²) in [7, 11) is 2.24. The Morgan fingerprint density at radius 2 is 2.04 bits per heavy atom. The molecule has 0 radical (unpaired) electrons. The van der Waals surface area contributed by atoms with E-state index < -0.39 is 5.72 Å². The number of hydrogen-bond acceptors (Lipinski definition) is 4. The van der Waals surface area contributed by atoms with Crippen molar-refractivity contribution in [3.05, 3.63) is 12.2 Å². The van der Waals surface area contributed by atoms with Crippen LogP contribution in [0.2, 0.25) is 0 Å². The molecule has 0 aromatic carbocycles. The third-order valence-corrected chi connectivity index (χ3v) is 10.8. The fourth-order valence-electron chi connectivity index (χ4n) is 11.3. The van der Waals surface area contributed by atoms with E-state index in [9.17, 15) is 15.0 Å². The van der Waals surface area contributed by atoms with Crippen LogP contribution in [0.3, 0.4) is 0 Å². The summed E-state index contributed by atoms with van der Waals surface area (Å²) in [5.41, 5.74) is 0.359. The second-order valence-corrected chi connectivity index (χ2v) is 11.5. The highest BCUT2D eigenvalue weighted by molar-refractivity contribution is 5.91. The van der Waals surface area contributed by atoms with E-state index >= 15 is 0 Å². The summed E-state index contributed by atoms with van der Waals surface area (Å²) in [4.78, 5) is 13.5. The number of carbonyl (C=O) groups excluding carboxylic acids is 1. The van der Waals surface area contributed by atoms with Crippen molar-refractivity contribution in [1.82, 2.24) is 0 Å². The molecule has 3 N–H and O–H groups in total. The quantitative estimate of drug-likeness (QED) is 0.504. The lowest BCUT2D eigenvalue weighted by Gasteiger charge is -2.63. The van der Waals surface area contributed by atoms with Crippen molar-refractivity contribution in [3.63, 3.8) is 0 Å². The van der Waals surface area contributed by atoms with E-state index in [0.29, 0.717) is 16.2 Å². The number of carbonyl (C=O) groups is 1. The van der Waals surface area contributed by atoms with Crippen molar-refractivity contribution in [2.75, 3.05) is 13.6 Å². The molecule has 0 aromatic heterocycles. The minimum atomic E-state index is -0.697. The number of quaternary nitrogens is 1. The molecule has 26 heavy (non-hydrogen) atoms. The molecule has 11 atom stereocenters. The van der Waals surface area contributed by atoms with Gasteiger partial charge < -0.3 is 15.7 Å². The average molecular weight is 359 g/mol. The van der Waals surface area contributed by atoms with Crippen LogP contribution in [0.5, 0.6) is 0 Å². The Kier molecular flexibility index (Phi) is 2.33. The van der Waals surface area contributed by atoms with Crippen LogP contribution in [0.15, 0.2) is 12.2 Å². The number of aliphatic hydroxyl groups excluding tert-OH is 1. The first-order valence-corrected chi connectivity index (χ1v) is 10.1. The van der Waals surface area contributed by atoms with Crippen molar-refractivity contribution in [2.24, 2.45) is 39.9 Å². The van der Waals surface area contributed by atoms with Crippen molar-refractivity contribution in [1.29, 1.82) is 0 Å². The second-order valence-electron chi connectivity index (χ2n) is 11.5. The molecule has 9 bridgehead atoms. The Morgan fingerprint density at radius 3 is 2.77 bits per heavy atom. The fourth-order valence-corrected chi connectivity index (χ4v) is 11.3. The minimum Gasteiger partial charge on any atom is -0.870 e. The van der Waals surface area contributed by atoms with Gasteiger partial charge in [0.15, 0.2) is 0 Å². The first-order valence-electron chi connectivity index (χ1n) is 10.1. The van der Waals surface area contributed by atoms with Gasteiger partial charge in [0.05, 0.1) is 31.5 Å². The number of nitrogens with zero attached hydrogens (tertiary/aromatic N) is 1. The van der Waals surface area contributed by atoms with E-state index in [1.807, 2.05) is 0 Å². The van der Waals surface area contributed by atoms with Gasteiger partial charge in [-0.15, -0.1) is 0 Å². The van der Waals surface area contributed by atoms with Crippen LogP contribution in [0.25, 0.3) is 0 Å². The molecule has 0 aromatic rings. The van der Waals surface area contributed by atoms with Crippen LogP contribution in [-0.4, -0.2) is 57.4 Å². The van der Waals surface area contributed by atoms with Crippen LogP contribution >= 0.6 is 0 Å². The normalized spacial score (nSPS) is 70.8. The SMILES string of the molecule is C=C1C[C@@]23C[C@@]4(O)C5[C@@]6(C)C[C@H](O)C[C@@]57C2C[C@@H]1C(=O)[C@H]3[C@H]7[N+]4(C)C6.[OH-]. The maximum Gasteiger partial charge on any atom is 0.205 e. The Morgan fingerprint density at radius 1 is 1.31 bits per heavy atom. The highest BCUT2D eigenvalue weighted by atomic mass is 16.3. The summed E-state index contributed by atoms with van der Waals surface area (Å²) in [5, 5.41) is 23.0. The Balaban J connectivity index is 0.00000137. The van der Waals surface area contributed by atoms with Gasteiger partial charge in [-0.1, -0.05) is 19.1 Å². The van der Waals surface area contributed by atoms with Crippen molar-refractivity contribution in [3.8, 4) is 0 Å². The van der Waals surface area contributed by atoms with Gasteiger partial charge in [-0.2, -0.15) is 0 Å². The third-order valence-electron chi connectivity index (χ3n) is 10.8. The van der Waals surface area contributed by atoms with Crippen LogP contribution in [-0.2, 0) is 4.79 Å². The lowest BCUT2D eigenvalue weighted by atomic mass is 9.40. The number of Topliss-reactive ketones (excluding diaryl/α,β-unsaturated/α-hetero) is 1. The summed E-state index contributed by atoms with van der Waals surface area (Å²) in [6.07, 6.45) is 4.03. The number of aliphatic hydroxyl groups is 2. The Labute approximate surface area is 154 Å². The van der Waals surface area contributed by atoms with Crippen molar-refractivity contribution < 1.29 is 25.0 Å². The molecule has 3 unspecified atom stereocenters. The average Bonchev–Trinajstić information content (AvgIpc) is 2.75. The number of piperidine rings is 2. The zero-order chi connectivity index (χ0) is 17.4. The van der Waals surface area contributed by atoms with E-state index in [4.69, 9.17) is 0 Å². The molecule has 5 heteroatoms.